The molecule has 0 aliphatic carbocycles. The number of hydrogen-bond donors (Lipinski definition) is 1. The maximum Gasteiger partial charge on any atom is 0.0430 e. The van der Waals surface area contributed by atoms with Crippen molar-refractivity contribution in [2.45, 2.75) is 25.3 Å². The van der Waals surface area contributed by atoms with Gasteiger partial charge in [0.25, 0.3) is 0 Å². The molecule has 1 aromatic heterocycles. The van der Waals surface area contributed by atoms with Crippen molar-refractivity contribution in [1.29, 1.82) is 0 Å². The Morgan fingerprint density at radius 2 is 2.55 bits per heavy atom. The maximum atomic E-state index is 4.10. The highest BCUT2D eigenvalue weighted by atomic mass is 32.1. The minimum atomic E-state index is 0.594. The summed E-state index contributed by atoms with van der Waals surface area (Å²) in [6, 6.07) is 2.71. The second kappa shape index (κ2) is 3.32. The molecule has 2 heterocycles. The third-order valence-corrected chi connectivity index (χ3v) is 2.97. The van der Waals surface area contributed by atoms with Crippen molar-refractivity contribution in [1.82, 2.24) is 9.69 Å². The smallest absolute Gasteiger partial charge is 0.0430 e. The fraction of sp³-hybridized carbons (Fsp3) is 0.625. The number of nitrogens with zero attached hydrogens (tertiary/aromatic N) is 1. The van der Waals surface area contributed by atoms with Gasteiger partial charge in [-0.25, -0.2) is 4.37 Å². The van der Waals surface area contributed by atoms with Gasteiger partial charge in [0.2, 0.25) is 0 Å². The summed E-state index contributed by atoms with van der Waals surface area (Å²) in [6.45, 7) is 1.17. The first kappa shape index (κ1) is 7.25. The van der Waals surface area contributed by atoms with Gasteiger partial charge in [-0.3, -0.25) is 0 Å². The van der Waals surface area contributed by atoms with Gasteiger partial charge in [0.1, 0.15) is 0 Å². The van der Waals surface area contributed by atoms with Crippen LogP contribution in [-0.2, 0) is 0 Å². The molecule has 1 aromatic rings. The van der Waals surface area contributed by atoms with Crippen LogP contribution in [0.3, 0.4) is 0 Å². The lowest BCUT2D eigenvalue weighted by molar-refractivity contribution is 0.417. The first-order valence-electron chi connectivity index (χ1n) is 4.11. The summed E-state index contributed by atoms with van der Waals surface area (Å²) in [5, 5.41) is 3.49. The average Bonchev–Trinajstić information content (AvgIpc) is 2.58. The number of aromatic nitrogens is 1. The average molecular weight is 168 g/mol. The molecule has 3 heteroatoms. The predicted molar refractivity (Wildman–Crippen MR) is 46.7 cm³/mol. The van der Waals surface area contributed by atoms with Crippen molar-refractivity contribution in [3.8, 4) is 0 Å². The van der Waals surface area contributed by atoms with Crippen molar-refractivity contribution in [3.63, 3.8) is 0 Å². The molecule has 1 aliphatic heterocycles. The van der Waals surface area contributed by atoms with Gasteiger partial charge in [0, 0.05) is 17.1 Å². The molecule has 11 heavy (non-hydrogen) atoms. The molecule has 1 N–H and O–H groups in total. The second-order valence-corrected chi connectivity index (χ2v) is 3.78. The summed E-state index contributed by atoms with van der Waals surface area (Å²) in [6.07, 6.45) is 5.85. The van der Waals surface area contributed by atoms with E-state index in [-0.39, 0.29) is 0 Å². The quantitative estimate of drug-likeness (QED) is 0.693. The molecule has 2 rings (SSSR count). The summed E-state index contributed by atoms with van der Waals surface area (Å²) < 4.78 is 4.10. The van der Waals surface area contributed by atoms with Crippen molar-refractivity contribution in [2.75, 3.05) is 6.54 Å². The highest BCUT2D eigenvalue weighted by molar-refractivity contribution is 7.05. The summed E-state index contributed by atoms with van der Waals surface area (Å²) in [4.78, 5) is 1.39. The van der Waals surface area contributed by atoms with E-state index in [1.807, 2.05) is 6.20 Å². The lowest BCUT2D eigenvalue weighted by atomic mass is 10.0. The largest absolute Gasteiger partial charge is 0.309 e. The van der Waals surface area contributed by atoms with E-state index in [1.54, 1.807) is 11.5 Å². The van der Waals surface area contributed by atoms with Crippen molar-refractivity contribution in [3.05, 3.63) is 17.1 Å². The summed E-state index contributed by atoms with van der Waals surface area (Å²) >= 11 is 1.62. The standard InChI is InChI=1S/C8H12N2S/c1-2-5-9-7(3-1)8-4-6-10-11-8/h4,6-7,9H,1-3,5H2. The van der Waals surface area contributed by atoms with Crippen molar-refractivity contribution in [2.24, 2.45) is 0 Å². The molecule has 0 spiro atoms. The Labute approximate surface area is 70.8 Å². The van der Waals surface area contributed by atoms with E-state index in [2.05, 4.69) is 15.8 Å². The molecule has 0 saturated carbocycles. The van der Waals surface area contributed by atoms with Gasteiger partial charge in [-0.2, -0.15) is 0 Å². The van der Waals surface area contributed by atoms with Crippen LogP contribution in [0.25, 0.3) is 0 Å². The fourth-order valence-corrected chi connectivity index (χ4v) is 2.19. The Bertz CT molecular complexity index is 202. The molecular weight excluding hydrogens is 156 g/mol. The van der Waals surface area contributed by atoms with Gasteiger partial charge in [0.15, 0.2) is 0 Å². The number of nitrogens with one attached hydrogen (secondary N) is 1. The third-order valence-electron chi connectivity index (χ3n) is 2.11. The van der Waals surface area contributed by atoms with Crippen LogP contribution in [-0.4, -0.2) is 10.9 Å². The van der Waals surface area contributed by atoms with Crippen LogP contribution in [0.2, 0.25) is 0 Å². The molecule has 1 saturated heterocycles. The Balaban J connectivity index is 2.04. The Morgan fingerprint density at radius 3 is 3.18 bits per heavy atom. The molecular formula is C8H12N2S. The van der Waals surface area contributed by atoms with Gasteiger partial charge in [-0.15, -0.1) is 0 Å². The maximum absolute atomic E-state index is 4.10. The highest BCUT2D eigenvalue weighted by Gasteiger charge is 2.15. The van der Waals surface area contributed by atoms with Crippen LogP contribution in [0.5, 0.6) is 0 Å². The van der Waals surface area contributed by atoms with E-state index in [0.717, 1.165) is 0 Å². The minimum Gasteiger partial charge on any atom is -0.309 e. The molecule has 0 aromatic carbocycles. The normalized spacial score (nSPS) is 25.3. The first-order valence-corrected chi connectivity index (χ1v) is 4.88. The van der Waals surface area contributed by atoms with E-state index < -0.39 is 0 Å². The van der Waals surface area contributed by atoms with E-state index in [9.17, 15) is 0 Å². The van der Waals surface area contributed by atoms with Gasteiger partial charge < -0.3 is 5.32 Å². The van der Waals surface area contributed by atoms with E-state index in [1.165, 1.54) is 30.7 Å². The third kappa shape index (κ3) is 1.60. The van der Waals surface area contributed by atoms with Crippen LogP contribution in [0, 0.1) is 0 Å². The fourth-order valence-electron chi connectivity index (χ4n) is 1.50. The number of rotatable bonds is 1. The zero-order valence-corrected chi connectivity index (χ0v) is 7.23. The van der Waals surface area contributed by atoms with Crippen molar-refractivity contribution < 1.29 is 0 Å². The Kier molecular flexibility index (Phi) is 2.19. The van der Waals surface area contributed by atoms with Gasteiger partial charge in [-0.05, 0) is 37.0 Å². The Morgan fingerprint density at radius 1 is 1.55 bits per heavy atom. The molecule has 1 fully saturated rings. The monoisotopic (exact) mass is 168 g/mol. The molecule has 1 atom stereocenters. The molecule has 60 valence electrons. The molecule has 0 amide bonds. The van der Waals surface area contributed by atoms with Crippen LogP contribution in [0.4, 0.5) is 0 Å². The van der Waals surface area contributed by atoms with Gasteiger partial charge >= 0.3 is 0 Å². The molecule has 1 aliphatic rings. The zero-order chi connectivity index (χ0) is 7.52. The SMILES string of the molecule is c1cc(C2CCCCN2)sn1. The van der Waals surface area contributed by atoms with Crippen LogP contribution >= 0.6 is 11.5 Å². The second-order valence-electron chi connectivity index (χ2n) is 2.92. The summed E-state index contributed by atoms with van der Waals surface area (Å²) in [7, 11) is 0. The number of hydrogen-bond acceptors (Lipinski definition) is 3. The number of piperidine rings is 1. The van der Waals surface area contributed by atoms with Crippen LogP contribution in [0.1, 0.15) is 30.2 Å². The minimum absolute atomic E-state index is 0.594. The highest BCUT2D eigenvalue weighted by Crippen LogP contribution is 2.24. The van der Waals surface area contributed by atoms with E-state index in [0.29, 0.717) is 6.04 Å². The first-order chi connectivity index (χ1) is 5.47. The lowest BCUT2D eigenvalue weighted by Gasteiger charge is -2.21. The van der Waals surface area contributed by atoms with Gasteiger partial charge in [0.05, 0.1) is 0 Å². The molecule has 1 unspecified atom stereocenters. The van der Waals surface area contributed by atoms with Crippen LogP contribution < -0.4 is 5.32 Å². The van der Waals surface area contributed by atoms with E-state index in [4.69, 9.17) is 0 Å². The molecule has 0 bridgehead atoms. The molecule has 0 radical (unpaired) electrons. The predicted octanol–water partition coefficient (Wildman–Crippen LogP) is 1.96. The van der Waals surface area contributed by atoms with E-state index >= 15 is 0 Å². The zero-order valence-electron chi connectivity index (χ0n) is 6.42. The lowest BCUT2D eigenvalue weighted by Crippen LogP contribution is -2.25. The van der Waals surface area contributed by atoms with Crippen LogP contribution in [0.15, 0.2) is 12.3 Å². The van der Waals surface area contributed by atoms with Crippen molar-refractivity contribution >= 4 is 11.5 Å². The molecule has 2 nitrogen and oxygen atoms in total. The topological polar surface area (TPSA) is 24.9 Å². The summed E-state index contributed by atoms with van der Waals surface area (Å²) in [5.74, 6) is 0. The Hall–Kier alpha value is -0.410. The summed E-state index contributed by atoms with van der Waals surface area (Å²) in [5.41, 5.74) is 0. The van der Waals surface area contributed by atoms with Gasteiger partial charge in [-0.1, -0.05) is 6.42 Å².